The minimum atomic E-state index is -0.232. The SMILES string of the molecule is CCc1nnsc1C(=O)NC(C)(C)CC(C)(C)C. The van der Waals surface area contributed by atoms with Crippen LogP contribution in [0.3, 0.4) is 0 Å². The highest BCUT2D eigenvalue weighted by atomic mass is 32.1. The second-order valence-electron chi connectivity index (χ2n) is 6.48. The number of hydrogen-bond acceptors (Lipinski definition) is 4. The van der Waals surface area contributed by atoms with Crippen molar-refractivity contribution in [3.05, 3.63) is 10.6 Å². The molecule has 1 amide bonds. The first-order valence-electron chi connectivity index (χ1n) is 6.28. The van der Waals surface area contributed by atoms with Crippen LogP contribution in [0.15, 0.2) is 0 Å². The van der Waals surface area contributed by atoms with Crippen molar-refractivity contribution in [2.45, 2.75) is 59.9 Å². The second kappa shape index (κ2) is 5.34. The van der Waals surface area contributed by atoms with Crippen molar-refractivity contribution in [3.8, 4) is 0 Å². The number of nitrogens with one attached hydrogen (secondary N) is 1. The highest BCUT2D eigenvalue weighted by molar-refractivity contribution is 7.08. The van der Waals surface area contributed by atoms with Gasteiger partial charge in [0.05, 0.1) is 5.69 Å². The zero-order chi connectivity index (χ0) is 14.0. The van der Waals surface area contributed by atoms with E-state index < -0.39 is 0 Å². The Bertz CT molecular complexity index is 418. The van der Waals surface area contributed by atoms with Gasteiger partial charge in [-0.2, -0.15) is 0 Å². The number of rotatable bonds is 4. The molecular formula is C13H23N3OS. The number of aromatic nitrogens is 2. The van der Waals surface area contributed by atoms with Crippen LogP contribution in [0, 0.1) is 5.41 Å². The molecule has 0 aromatic carbocycles. The van der Waals surface area contributed by atoms with Crippen molar-refractivity contribution in [2.75, 3.05) is 0 Å². The first-order chi connectivity index (χ1) is 8.14. The van der Waals surface area contributed by atoms with Crippen LogP contribution in [-0.2, 0) is 6.42 Å². The Morgan fingerprint density at radius 3 is 2.39 bits per heavy atom. The Kier molecular flexibility index (Phi) is 4.48. The number of hydrogen-bond donors (Lipinski definition) is 1. The maximum atomic E-state index is 12.2. The molecule has 0 aliphatic rings. The van der Waals surface area contributed by atoms with Crippen LogP contribution >= 0.6 is 11.5 Å². The molecule has 4 nitrogen and oxygen atoms in total. The third-order valence-corrected chi connectivity index (χ3v) is 3.29. The summed E-state index contributed by atoms with van der Waals surface area (Å²) in [5.41, 5.74) is 0.727. The molecule has 1 aromatic heterocycles. The summed E-state index contributed by atoms with van der Waals surface area (Å²) in [5, 5.41) is 7.05. The fourth-order valence-corrected chi connectivity index (χ4v) is 2.99. The van der Waals surface area contributed by atoms with E-state index in [4.69, 9.17) is 0 Å². The summed E-state index contributed by atoms with van der Waals surface area (Å²) in [4.78, 5) is 12.8. The third-order valence-electron chi connectivity index (χ3n) is 2.52. The van der Waals surface area contributed by atoms with E-state index in [2.05, 4.69) is 49.5 Å². The lowest BCUT2D eigenvalue weighted by atomic mass is 9.82. The Hall–Kier alpha value is -0.970. The van der Waals surface area contributed by atoms with E-state index >= 15 is 0 Å². The Balaban J connectivity index is 2.76. The summed E-state index contributed by atoms with van der Waals surface area (Å²) >= 11 is 1.17. The highest BCUT2D eigenvalue weighted by Crippen LogP contribution is 2.27. The van der Waals surface area contributed by atoms with E-state index in [9.17, 15) is 4.79 Å². The van der Waals surface area contributed by atoms with E-state index in [1.54, 1.807) is 0 Å². The minimum absolute atomic E-state index is 0.0592. The molecule has 1 aromatic rings. The molecule has 0 saturated heterocycles. The molecule has 102 valence electrons. The quantitative estimate of drug-likeness (QED) is 0.914. The topological polar surface area (TPSA) is 54.9 Å². The summed E-state index contributed by atoms with van der Waals surface area (Å²) in [6.07, 6.45) is 1.65. The third kappa shape index (κ3) is 4.37. The summed E-state index contributed by atoms with van der Waals surface area (Å²) in [6.45, 7) is 12.6. The van der Waals surface area contributed by atoms with Gasteiger partial charge in [-0.05, 0) is 43.6 Å². The lowest BCUT2D eigenvalue weighted by molar-refractivity contribution is 0.0894. The molecule has 0 spiro atoms. The van der Waals surface area contributed by atoms with Crippen LogP contribution in [0.4, 0.5) is 0 Å². The fraction of sp³-hybridized carbons (Fsp3) is 0.769. The molecule has 1 rings (SSSR count). The Labute approximate surface area is 113 Å². The number of amides is 1. The van der Waals surface area contributed by atoms with E-state index in [1.165, 1.54) is 11.5 Å². The van der Waals surface area contributed by atoms with Gasteiger partial charge in [-0.15, -0.1) is 5.10 Å². The molecular weight excluding hydrogens is 246 g/mol. The Morgan fingerprint density at radius 1 is 1.28 bits per heavy atom. The molecule has 0 unspecified atom stereocenters. The molecule has 5 heteroatoms. The summed E-state index contributed by atoms with van der Waals surface area (Å²) in [5.74, 6) is -0.0592. The number of aryl methyl sites for hydroxylation is 1. The molecule has 0 aliphatic heterocycles. The van der Waals surface area contributed by atoms with Crippen LogP contribution < -0.4 is 5.32 Å². The molecule has 0 atom stereocenters. The van der Waals surface area contributed by atoms with Crippen molar-refractivity contribution >= 4 is 17.4 Å². The second-order valence-corrected chi connectivity index (χ2v) is 7.23. The van der Waals surface area contributed by atoms with Gasteiger partial charge in [0, 0.05) is 5.54 Å². The lowest BCUT2D eigenvalue weighted by Crippen LogP contribution is -2.45. The van der Waals surface area contributed by atoms with Crippen LogP contribution in [0.1, 0.15) is 63.3 Å². The fourth-order valence-electron chi connectivity index (χ4n) is 2.35. The van der Waals surface area contributed by atoms with Crippen molar-refractivity contribution < 1.29 is 4.79 Å². The van der Waals surface area contributed by atoms with Gasteiger partial charge in [-0.1, -0.05) is 32.2 Å². The van der Waals surface area contributed by atoms with Crippen molar-refractivity contribution in [1.82, 2.24) is 14.9 Å². The van der Waals surface area contributed by atoms with Crippen LogP contribution in [0.5, 0.6) is 0 Å². The number of nitrogens with zero attached hydrogens (tertiary/aromatic N) is 2. The predicted octanol–water partition coefficient (Wildman–Crippen LogP) is 3.05. The van der Waals surface area contributed by atoms with E-state index in [-0.39, 0.29) is 16.9 Å². The molecule has 0 saturated carbocycles. The zero-order valence-corrected chi connectivity index (χ0v) is 12.9. The van der Waals surface area contributed by atoms with Crippen molar-refractivity contribution in [1.29, 1.82) is 0 Å². The Morgan fingerprint density at radius 2 is 1.89 bits per heavy atom. The normalized spacial score (nSPS) is 12.6. The van der Waals surface area contributed by atoms with E-state index in [1.807, 2.05) is 6.92 Å². The molecule has 1 heterocycles. The molecule has 18 heavy (non-hydrogen) atoms. The van der Waals surface area contributed by atoms with E-state index in [0.717, 1.165) is 18.5 Å². The monoisotopic (exact) mass is 269 g/mol. The summed E-state index contributed by atoms with van der Waals surface area (Å²) in [7, 11) is 0. The number of carbonyl (C=O) groups excluding carboxylic acids is 1. The van der Waals surface area contributed by atoms with Crippen LogP contribution in [-0.4, -0.2) is 21.0 Å². The average molecular weight is 269 g/mol. The maximum Gasteiger partial charge on any atom is 0.265 e. The van der Waals surface area contributed by atoms with Gasteiger partial charge in [0.25, 0.3) is 5.91 Å². The molecule has 0 radical (unpaired) electrons. The van der Waals surface area contributed by atoms with Gasteiger partial charge < -0.3 is 5.32 Å². The summed E-state index contributed by atoms with van der Waals surface area (Å²) in [6, 6.07) is 0. The van der Waals surface area contributed by atoms with Gasteiger partial charge in [0.2, 0.25) is 0 Å². The first-order valence-corrected chi connectivity index (χ1v) is 7.06. The van der Waals surface area contributed by atoms with E-state index in [0.29, 0.717) is 4.88 Å². The maximum absolute atomic E-state index is 12.2. The minimum Gasteiger partial charge on any atom is -0.346 e. The number of carbonyl (C=O) groups is 1. The summed E-state index contributed by atoms with van der Waals surface area (Å²) < 4.78 is 3.85. The van der Waals surface area contributed by atoms with Gasteiger partial charge in [-0.3, -0.25) is 4.79 Å². The lowest BCUT2D eigenvalue weighted by Gasteiger charge is -2.33. The molecule has 0 aliphatic carbocycles. The van der Waals surface area contributed by atoms with Gasteiger partial charge in [0.15, 0.2) is 0 Å². The van der Waals surface area contributed by atoms with Crippen molar-refractivity contribution in [2.24, 2.45) is 5.41 Å². The standard InChI is InChI=1S/C13H23N3OS/c1-7-9-10(18-16-15-9)11(17)14-13(5,6)8-12(2,3)4/h7-8H2,1-6H3,(H,14,17). The van der Waals surface area contributed by atoms with Gasteiger partial charge >= 0.3 is 0 Å². The van der Waals surface area contributed by atoms with Crippen LogP contribution in [0.25, 0.3) is 0 Å². The van der Waals surface area contributed by atoms with Crippen LogP contribution in [0.2, 0.25) is 0 Å². The smallest absolute Gasteiger partial charge is 0.265 e. The average Bonchev–Trinajstić information content (AvgIpc) is 2.59. The predicted molar refractivity (Wildman–Crippen MR) is 74.9 cm³/mol. The molecule has 0 bridgehead atoms. The first kappa shape index (κ1) is 15.1. The largest absolute Gasteiger partial charge is 0.346 e. The molecule has 1 N–H and O–H groups in total. The van der Waals surface area contributed by atoms with Crippen molar-refractivity contribution in [3.63, 3.8) is 0 Å². The molecule has 0 fully saturated rings. The van der Waals surface area contributed by atoms with Gasteiger partial charge in [-0.25, -0.2) is 0 Å². The highest BCUT2D eigenvalue weighted by Gasteiger charge is 2.28. The zero-order valence-electron chi connectivity index (χ0n) is 12.1. The van der Waals surface area contributed by atoms with Gasteiger partial charge in [0.1, 0.15) is 4.88 Å².